The average Bonchev–Trinajstić information content (AvgIpc) is 2.72. The Morgan fingerprint density at radius 2 is 1.70 bits per heavy atom. The van der Waals surface area contributed by atoms with Crippen LogP contribution in [0.2, 0.25) is 5.15 Å². The third-order valence-electron chi connectivity index (χ3n) is 5.20. The number of aromatic nitrogens is 2. The molecular formula is C19H21ClN6O4. The van der Waals surface area contributed by atoms with Crippen LogP contribution in [-0.2, 0) is 0 Å². The fourth-order valence-electron chi connectivity index (χ4n) is 3.48. The van der Waals surface area contributed by atoms with Crippen molar-refractivity contribution in [3.8, 4) is 5.75 Å². The summed E-state index contributed by atoms with van der Waals surface area (Å²) in [5.74, 6) is 0.884. The maximum Gasteiger partial charge on any atom is 0.407 e. The van der Waals surface area contributed by atoms with E-state index in [9.17, 15) is 9.59 Å². The summed E-state index contributed by atoms with van der Waals surface area (Å²) in [7, 11) is 0. The predicted molar refractivity (Wildman–Crippen MR) is 110 cm³/mol. The summed E-state index contributed by atoms with van der Waals surface area (Å²) < 4.78 is 5.94. The van der Waals surface area contributed by atoms with Crippen molar-refractivity contribution >= 4 is 35.1 Å². The Bertz CT molecular complexity index is 943. The van der Waals surface area contributed by atoms with Crippen molar-refractivity contribution in [3.05, 3.63) is 41.0 Å². The SMILES string of the molecule is Nc1nnc(Cl)cc1N1CC(Oc2ccc(C(=O)N3CCN(C(=O)O)CC3)cc2)C1. The second kappa shape index (κ2) is 8.23. The summed E-state index contributed by atoms with van der Waals surface area (Å²) in [5.41, 5.74) is 7.13. The molecule has 158 valence electrons. The molecular weight excluding hydrogens is 412 g/mol. The van der Waals surface area contributed by atoms with E-state index in [0.29, 0.717) is 56.4 Å². The van der Waals surface area contributed by atoms with Crippen molar-refractivity contribution in [1.82, 2.24) is 20.0 Å². The Labute approximate surface area is 177 Å². The number of carbonyl (C=O) groups excluding carboxylic acids is 1. The Morgan fingerprint density at radius 3 is 2.33 bits per heavy atom. The number of hydrogen-bond donors (Lipinski definition) is 2. The molecule has 0 saturated carbocycles. The Hall–Kier alpha value is -3.27. The molecule has 2 saturated heterocycles. The molecule has 0 bridgehead atoms. The van der Waals surface area contributed by atoms with Gasteiger partial charge in [-0.15, -0.1) is 10.2 Å². The molecule has 1 aromatic heterocycles. The van der Waals surface area contributed by atoms with Gasteiger partial charge in [0.2, 0.25) is 0 Å². The van der Waals surface area contributed by atoms with E-state index < -0.39 is 6.09 Å². The maximum absolute atomic E-state index is 12.6. The normalized spacial score (nSPS) is 16.9. The number of nitrogens with two attached hydrogens (primary N) is 1. The lowest BCUT2D eigenvalue weighted by Gasteiger charge is -2.40. The van der Waals surface area contributed by atoms with Crippen molar-refractivity contribution in [3.63, 3.8) is 0 Å². The Balaban J connectivity index is 1.29. The predicted octanol–water partition coefficient (Wildman–Crippen LogP) is 1.42. The summed E-state index contributed by atoms with van der Waals surface area (Å²) in [4.78, 5) is 28.6. The van der Waals surface area contributed by atoms with Gasteiger partial charge in [-0.05, 0) is 24.3 Å². The van der Waals surface area contributed by atoms with Crippen LogP contribution in [0.3, 0.4) is 0 Å². The number of ether oxygens (including phenoxy) is 1. The molecule has 4 rings (SSSR count). The topological polar surface area (TPSA) is 125 Å². The quantitative estimate of drug-likeness (QED) is 0.742. The Morgan fingerprint density at radius 1 is 1.07 bits per heavy atom. The summed E-state index contributed by atoms with van der Waals surface area (Å²) in [5, 5.41) is 16.8. The molecule has 3 N–H and O–H groups in total. The zero-order valence-corrected chi connectivity index (χ0v) is 16.8. The van der Waals surface area contributed by atoms with Crippen molar-refractivity contribution in [2.45, 2.75) is 6.10 Å². The van der Waals surface area contributed by atoms with E-state index in [2.05, 4.69) is 10.2 Å². The lowest BCUT2D eigenvalue weighted by atomic mass is 10.1. The molecule has 1 aromatic carbocycles. The standard InChI is InChI=1S/C19H21ClN6O4/c20-16-9-15(17(21)23-22-16)26-10-14(11-26)30-13-3-1-12(2-4-13)18(27)24-5-7-25(8-6-24)19(28)29/h1-4,9,14H,5-8,10-11H2,(H2,21,23)(H,28,29). The molecule has 0 unspecified atom stereocenters. The molecule has 2 aliphatic heterocycles. The van der Waals surface area contributed by atoms with Gasteiger partial charge in [0.1, 0.15) is 11.9 Å². The van der Waals surface area contributed by atoms with E-state index in [1.807, 2.05) is 4.90 Å². The van der Waals surface area contributed by atoms with Gasteiger partial charge in [-0.2, -0.15) is 0 Å². The molecule has 3 heterocycles. The van der Waals surface area contributed by atoms with E-state index in [1.54, 1.807) is 35.2 Å². The van der Waals surface area contributed by atoms with Crippen LogP contribution >= 0.6 is 11.6 Å². The number of hydrogen-bond acceptors (Lipinski definition) is 7. The molecule has 0 spiro atoms. The molecule has 2 amide bonds. The second-order valence-electron chi connectivity index (χ2n) is 7.17. The number of rotatable bonds is 4. The number of piperazine rings is 1. The number of carbonyl (C=O) groups is 2. The molecule has 11 heteroatoms. The first kappa shape index (κ1) is 20.0. The molecule has 0 radical (unpaired) electrons. The minimum atomic E-state index is -0.955. The summed E-state index contributed by atoms with van der Waals surface area (Å²) in [6.45, 7) is 2.70. The van der Waals surface area contributed by atoms with E-state index in [4.69, 9.17) is 27.2 Å². The van der Waals surface area contributed by atoms with Crippen LogP contribution in [0.4, 0.5) is 16.3 Å². The van der Waals surface area contributed by atoms with Crippen molar-refractivity contribution in [2.24, 2.45) is 0 Å². The first-order valence-corrected chi connectivity index (χ1v) is 9.86. The van der Waals surface area contributed by atoms with E-state index >= 15 is 0 Å². The monoisotopic (exact) mass is 432 g/mol. The highest BCUT2D eigenvalue weighted by Crippen LogP contribution is 2.29. The van der Waals surface area contributed by atoms with Gasteiger partial charge < -0.3 is 30.3 Å². The average molecular weight is 433 g/mol. The van der Waals surface area contributed by atoms with Gasteiger partial charge in [-0.25, -0.2) is 4.79 Å². The van der Waals surface area contributed by atoms with Gasteiger partial charge in [-0.3, -0.25) is 4.79 Å². The van der Waals surface area contributed by atoms with Gasteiger partial charge in [0.15, 0.2) is 11.0 Å². The zero-order chi connectivity index (χ0) is 21.3. The smallest absolute Gasteiger partial charge is 0.407 e. The third kappa shape index (κ3) is 4.18. The minimum Gasteiger partial charge on any atom is -0.487 e. The van der Waals surface area contributed by atoms with E-state index in [1.165, 1.54) is 4.90 Å². The van der Waals surface area contributed by atoms with E-state index in [0.717, 1.165) is 5.69 Å². The number of amides is 2. The van der Waals surface area contributed by atoms with Crippen LogP contribution in [0.5, 0.6) is 5.75 Å². The fraction of sp³-hybridized carbons (Fsp3) is 0.368. The first-order chi connectivity index (χ1) is 14.4. The largest absolute Gasteiger partial charge is 0.487 e. The van der Waals surface area contributed by atoms with Gasteiger partial charge in [0, 0.05) is 37.8 Å². The highest BCUT2D eigenvalue weighted by atomic mass is 35.5. The number of anilines is 2. The minimum absolute atomic E-state index is 0.0120. The van der Waals surface area contributed by atoms with Crippen LogP contribution in [-0.4, -0.2) is 82.5 Å². The first-order valence-electron chi connectivity index (χ1n) is 9.48. The van der Waals surface area contributed by atoms with Crippen LogP contribution in [0, 0.1) is 0 Å². The highest BCUT2D eigenvalue weighted by Gasteiger charge is 2.31. The van der Waals surface area contributed by atoms with Crippen molar-refractivity contribution < 1.29 is 19.4 Å². The summed E-state index contributed by atoms with van der Waals surface area (Å²) in [6, 6.07) is 8.66. The molecule has 10 nitrogen and oxygen atoms in total. The van der Waals surface area contributed by atoms with Gasteiger partial charge >= 0.3 is 6.09 Å². The molecule has 30 heavy (non-hydrogen) atoms. The highest BCUT2D eigenvalue weighted by molar-refractivity contribution is 6.29. The number of nitrogens with zero attached hydrogens (tertiary/aromatic N) is 5. The Kier molecular flexibility index (Phi) is 5.49. The van der Waals surface area contributed by atoms with E-state index in [-0.39, 0.29) is 17.2 Å². The van der Waals surface area contributed by atoms with Crippen molar-refractivity contribution in [2.75, 3.05) is 49.9 Å². The maximum atomic E-state index is 12.6. The number of halogens is 1. The van der Waals surface area contributed by atoms with Crippen LogP contribution < -0.4 is 15.4 Å². The zero-order valence-electron chi connectivity index (χ0n) is 16.1. The van der Waals surface area contributed by atoms with Gasteiger partial charge in [0.05, 0.1) is 18.8 Å². The number of benzene rings is 1. The molecule has 2 aromatic rings. The summed E-state index contributed by atoms with van der Waals surface area (Å²) in [6.07, 6.45) is -0.967. The second-order valence-corrected chi connectivity index (χ2v) is 7.56. The van der Waals surface area contributed by atoms with Crippen LogP contribution in [0.25, 0.3) is 0 Å². The fourth-order valence-corrected chi connectivity index (χ4v) is 3.62. The summed E-state index contributed by atoms with van der Waals surface area (Å²) >= 11 is 5.88. The van der Waals surface area contributed by atoms with Crippen LogP contribution in [0.15, 0.2) is 30.3 Å². The van der Waals surface area contributed by atoms with Crippen LogP contribution in [0.1, 0.15) is 10.4 Å². The number of nitrogen functional groups attached to an aromatic ring is 1. The molecule has 0 atom stereocenters. The lowest BCUT2D eigenvalue weighted by molar-refractivity contribution is 0.0624. The third-order valence-corrected chi connectivity index (χ3v) is 5.39. The van der Waals surface area contributed by atoms with Crippen molar-refractivity contribution in [1.29, 1.82) is 0 Å². The van der Waals surface area contributed by atoms with Gasteiger partial charge in [0.25, 0.3) is 5.91 Å². The number of carboxylic acid groups (broad SMARTS) is 1. The molecule has 2 aliphatic rings. The molecule has 0 aliphatic carbocycles. The van der Waals surface area contributed by atoms with Gasteiger partial charge in [-0.1, -0.05) is 11.6 Å². The molecule has 2 fully saturated rings. The lowest BCUT2D eigenvalue weighted by Crippen LogP contribution is -2.54.